The number of ether oxygens (including phenoxy) is 2. The molecule has 2 saturated heterocycles. The highest BCUT2D eigenvalue weighted by molar-refractivity contribution is 7.99. The van der Waals surface area contributed by atoms with Gasteiger partial charge < -0.3 is 19.5 Å². The maximum atomic E-state index is 12.5. The van der Waals surface area contributed by atoms with E-state index >= 15 is 0 Å². The van der Waals surface area contributed by atoms with Crippen molar-refractivity contribution in [2.24, 2.45) is 7.05 Å². The number of carboxylic acid groups (broad SMARTS) is 1. The highest BCUT2D eigenvalue weighted by Gasteiger charge is 2.65. The summed E-state index contributed by atoms with van der Waals surface area (Å²) >= 11 is 1.26. The van der Waals surface area contributed by atoms with E-state index < -0.39 is 24.3 Å². The van der Waals surface area contributed by atoms with Crippen molar-refractivity contribution >= 4 is 29.7 Å². The van der Waals surface area contributed by atoms with Crippen LogP contribution in [0.2, 0.25) is 0 Å². The molecule has 138 valence electrons. The number of thioether (sulfide) groups is 1. The average Bonchev–Trinajstić information content (AvgIpc) is 3.10. The highest BCUT2D eigenvalue weighted by Crippen LogP contribution is 2.46. The Morgan fingerprint density at radius 2 is 2.23 bits per heavy atom. The molecule has 2 fully saturated rings. The molecule has 0 saturated carbocycles. The second-order valence-electron chi connectivity index (χ2n) is 5.92. The van der Waals surface area contributed by atoms with Crippen molar-refractivity contribution in [2.75, 3.05) is 12.5 Å². The molecule has 0 aliphatic carbocycles. The van der Waals surface area contributed by atoms with Gasteiger partial charge in [0.2, 0.25) is 16.9 Å². The normalized spacial score (nSPS) is 26.7. The fraction of sp³-hybridized carbons (Fsp3) is 0.538. The number of amides is 2. The minimum atomic E-state index is -1.53. The number of nitrogens with zero attached hydrogens (tertiary/aromatic N) is 6. The molecular formula is C13H14N6O6S. The zero-order valence-corrected chi connectivity index (χ0v) is 14.5. The van der Waals surface area contributed by atoms with Crippen LogP contribution in [0.3, 0.4) is 0 Å². The van der Waals surface area contributed by atoms with E-state index in [0.717, 1.165) is 0 Å². The third-order valence-corrected chi connectivity index (χ3v) is 5.57. The minimum absolute atomic E-state index is 0.0409. The van der Waals surface area contributed by atoms with Crippen molar-refractivity contribution < 1.29 is 29.0 Å². The predicted octanol–water partition coefficient (Wildman–Crippen LogP) is -0.994. The fourth-order valence-corrected chi connectivity index (χ4v) is 4.28. The first-order valence-electron chi connectivity index (χ1n) is 7.61. The quantitative estimate of drug-likeness (QED) is 0.392. The zero-order valence-electron chi connectivity index (χ0n) is 13.7. The molecule has 12 nitrogen and oxygen atoms in total. The molecule has 4 heterocycles. The maximum Gasteiger partial charge on any atom is 0.512 e. The van der Waals surface area contributed by atoms with Crippen molar-refractivity contribution in [3.63, 3.8) is 0 Å². The SMILES string of the molecule is CC(=O)N1COC2C(CSc3nnnn3C)=C(OC(=O)O)N3C(=O)[C@@H]1[C@@H]23. The first-order valence-corrected chi connectivity index (χ1v) is 8.59. The highest BCUT2D eigenvalue weighted by atomic mass is 32.2. The van der Waals surface area contributed by atoms with Crippen molar-refractivity contribution in [3.05, 3.63) is 11.5 Å². The number of tetrazole rings is 1. The smallest absolute Gasteiger partial charge is 0.449 e. The number of carbonyl (C=O) groups excluding carboxylic acids is 2. The molecule has 1 aromatic rings. The fourth-order valence-electron chi connectivity index (χ4n) is 3.39. The lowest BCUT2D eigenvalue weighted by Gasteiger charge is -2.52. The van der Waals surface area contributed by atoms with E-state index in [4.69, 9.17) is 14.6 Å². The van der Waals surface area contributed by atoms with Gasteiger partial charge in [-0.25, -0.2) is 9.48 Å². The van der Waals surface area contributed by atoms with Crippen molar-refractivity contribution in [1.29, 1.82) is 0 Å². The van der Waals surface area contributed by atoms with Gasteiger partial charge in [-0.3, -0.25) is 14.5 Å². The Morgan fingerprint density at radius 3 is 2.85 bits per heavy atom. The van der Waals surface area contributed by atoms with E-state index in [1.54, 1.807) is 7.05 Å². The van der Waals surface area contributed by atoms with Gasteiger partial charge in [0, 0.05) is 25.3 Å². The van der Waals surface area contributed by atoms with Gasteiger partial charge in [-0.1, -0.05) is 11.8 Å². The Kier molecular flexibility index (Phi) is 3.84. The molecule has 13 heteroatoms. The Balaban J connectivity index is 1.63. The summed E-state index contributed by atoms with van der Waals surface area (Å²) in [6.45, 7) is 1.31. The summed E-state index contributed by atoms with van der Waals surface area (Å²) in [4.78, 5) is 37.9. The van der Waals surface area contributed by atoms with E-state index in [2.05, 4.69) is 15.5 Å². The molecule has 4 rings (SSSR count). The standard InChI is InChI=1S/C13H14N6O6S/c1-5(20)18-4-24-9-6(3-26-12-14-15-16-17(12)2)11(25-13(22)23)19-7(9)8(18)10(19)21/h7-9H,3-4H2,1-2H3,(H,22,23)/t7-,8-,9?/m0/s1. The lowest BCUT2D eigenvalue weighted by atomic mass is 9.89. The van der Waals surface area contributed by atoms with Crippen LogP contribution in [0.4, 0.5) is 4.79 Å². The largest absolute Gasteiger partial charge is 0.512 e. The van der Waals surface area contributed by atoms with E-state index in [1.807, 2.05) is 0 Å². The Bertz CT molecular complexity index is 839. The molecule has 1 unspecified atom stereocenters. The van der Waals surface area contributed by atoms with E-state index in [9.17, 15) is 14.4 Å². The Morgan fingerprint density at radius 1 is 1.46 bits per heavy atom. The second-order valence-corrected chi connectivity index (χ2v) is 6.86. The molecule has 0 aromatic carbocycles. The van der Waals surface area contributed by atoms with Gasteiger partial charge >= 0.3 is 6.16 Å². The van der Waals surface area contributed by atoms with Crippen LogP contribution < -0.4 is 0 Å². The lowest BCUT2D eigenvalue weighted by molar-refractivity contribution is -0.193. The lowest BCUT2D eigenvalue weighted by Crippen LogP contribution is -2.75. The van der Waals surface area contributed by atoms with Crippen molar-refractivity contribution in [1.82, 2.24) is 30.0 Å². The van der Waals surface area contributed by atoms with Crippen molar-refractivity contribution in [3.8, 4) is 0 Å². The summed E-state index contributed by atoms with van der Waals surface area (Å²) in [6, 6.07) is -1.15. The number of carbonyl (C=O) groups is 3. The van der Waals surface area contributed by atoms with Gasteiger partial charge in [0.25, 0.3) is 5.91 Å². The van der Waals surface area contributed by atoms with E-state index in [1.165, 1.54) is 33.2 Å². The molecule has 0 radical (unpaired) electrons. The van der Waals surface area contributed by atoms with E-state index in [0.29, 0.717) is 10.7 Å². The third-order valence-electron chi connectivity index (χ3n) is 4.51. The van der Waals surface area contributed by atoms with Crippen LogP contribution in [0.1, 0.15) is 6.92 Å². The number of β-lactam (4-membered cyclic amide) rings is 1. The molecule has 2 amide bonds. The summed E-state index contributed by atoms with van der Waals surface area (Å²) in [7, 11) is 1.68. The number of aromatic nitrogens is 4. The maximum absolute atomic E-state index is 12.5. The molecule has 1 N–H and O–H groups in total. The summed E-state index contributed by atoms with van der Waals surface area (Å²) < 4.78 is 12.1. The van der Waals surface area contributed by atoms with Crippen molar-refractivity contribution in [2.45, 2.75) is 30.3 Å². The second kappa shape index (κ2) is 5.95. The van der Waals surface area contributed by atoms with Gasteiger partial charge in [-0.15, -0.1) is 5.10 Å². The molecule has 1 aromatic heterocycles. The monoisotopic (exact) mass is 382 g/mol. The minimum Gasteiger partial charge on any atom is -0.449 e. The zero-order chi connectivity index (χ0) is 18.6. The molecule has 0 bridgehead atoms. The summed E-state index contributed by atoms with van der Waals surface area (Å²) in [5, 5.41) is 20.7. The molecular weight excluding hydrogens is 368 g/mol. The van der Waals surface area contributed by atoms with Crippen LogP contribution in [0.15, 0.2) is 16.6 Å². The summed E-state index contributed by atoms with van der Waals surface area (Å²) in [5.74, 6) is -0.443. The molecule has 3 aliphatic heterocycles. The number of aryl methyl sites for hydroxylation is 1. The van der Waals surface area contributed by atoms with Gasteiger partial charge in [0.05, 0.1) is 6.04 Å². The van der Waals surface area contributed by atoms with Gasteiger partial charge in [0.1, 0.15) is 18.9 Å². The number of hydrogen-bond donors (Lipinski definition) is 1. The molecule has 0 spiro atoms. The molecule has 3 aliphatic rings. The first-order chi connectivity index (χ1) is 12.4. The summed E-state index contributed by atoms with van der Waals surface area (Å²) in [5.41, 5.74) is 0.518. The predicted molar refractivity (Wildman–Crippen MR) is 82.3 cm³/mol. The van der Waals surface area contributed by atoms with Crippen LogP contribution in [0.5, 0.6) is 0 Å². The molecule has 3 atom stereocenters. The summed E-state index contributed by atoms with van der Waals surface area (Å²) in [6.07, 6.45) is -2.07. The first kappa shape index (κ1) is 16.8. The van der Waals surface area contributed by atoms with Gasteiger partial charge in [0.15, 0.2) is 0 Å². The topological polar surface area (TPSA) is 140 Å². The third kappa shape index (κ3) is 2.34. The van der Waals surface area contributed by atoms with Gasteiger partial charge in [-0.05, 0) is 10.4 Å². The Labute approximate surface area is 150 Å². The van der Waals surface area contributed by atoms with Crippen LogP contribution in [0, 0.1) is 0 Å². The Hall–Kier alpha value is -2.67. The van der Waals surface area contributed by atoms with E-state index in [-0.39, 0.29) is 30.2 Å². The van der Waals surface area contributed by atoms with Gasteiger partial charge in [-0.2, -0.15) is 0 Å². The number of rotatable bonds is 4. The number of hydrogen-bond acceptors (Lipinski definition) is 9. The van der Waals surface area contributed by atoms with Crippen LogP contribution in [0.25, 0.3) is 0 Å². The molecule has 26 heavy (non-hydrogen) atoms. The van der Waals surface area contributed by atoms with Crippen LogP contribution in [-0.4, -0.2) is 83.8 Å². The van der Waals surface area contributed by atoms with Crippen LogP contribution >= 0.6 is 11.8 Å². The average molecular weight is 382 g/mol. The van der Waals surface area contributed by atoms with Crippen LogP contribution in [-0.2, 0) is 26.1 Å².